The maximum atomic E-state index is 9.15. The first kappa shape index (κ1) is 38.8. The van der Waals surface area contributed by atoms with E-state index >= 15 is 0 Å². The number of fused-ring (bicyclic) bond motifs is 3. The second kappa shape index (κ2) is 15.5. The Morgan fingerprint density at radius 2 is 1.23 bits per heavy atom. The minimum atomic E-state index is -0.386. The molecule has 2 atom stereocenters. The summed E-state index contributed by atoms with van der Waals surface area (Å²) < 4.78 is 7.41. The Labute approximate surface area is 302 Å². The molecule has 0 saturated heterocycles. The first-order valence-electron chi connectivity index (χ1n) is 18.9. The fourth-order valence-electron chi connectivity index (χ4n) is 7.20. The van der Waals surface area contributed by atoms with Gasteiger partial charge in [0.1, 0.15) is 11.4 Å². The number of hydrogen-bond donors (Lipinski definition) is 2. The Morgan fingerprint density at radius 1 is 0.667 bits per heavy atom. The van der Waals surface area contributed by atoms with Crippen LogP contribution in [0.1, 0.15) is 163 Å². The maximum Gasteiger partial charge on any atom is 0.140 e. The molecule has 0 fully saturated rings. The van der Waals surface area contributed by atoms with E-state index in [1.807, 2.05) is 22.7 Å². The lowest BCUT2D eigenvalue weighted by molar-refractivity contribution is 0.0322. The third kappa shape index (κ3) is 9.22. The minimum Gasteiger partial charge on any atom is -0.481 e. The standard InChI is InChI=1S/C43H66N2OS2/c1-27(2)15-13-17-29(5)21-23-43(24-22-30(6)18-14-16-28(3)4)33-25-35(31-19-20-32(41(7,8)9)38(45)37(31)44)47-39(33)40-34(46-43)26-36(48-40)42(10,11)12/h19-20,25-30,44-45H,13-18,21-24H2,1-12H3. The summed E-state index contributed by atoms with van der Waals surface area (Å²) in [5.41, 5.74) is 3.31. The molecule has 2 N–H and O–H groups in total. The van der Waals surface area contributed by atoms with Gasteiger partial charge in [0, 0.05) is 20.9 Å². The van der Waals surface area contributed by atoms with Crippen LogP contribution in [-0.4, -0.2) is 11.4 Å². The molecule has 2 aliphatic rings. The van der Waals surface area contributed by atoms with E-state index in [1.54, 1.807) is 0 Å². The molecule has 3 heterocycles. The van der Waals surface area contributed by atoms with Gasteiger partial charge in [-0.25, -0.2) is 0 Å². The predicted molar refractivity (Wildman–Crippen MR) is 214 cm³/mol. The van der Waals surface area contributed by atoms with Crippen molar-refractivity contribution >= 4 is 39.7 Å². The molecule has 3 nitrogen and oxygen atoms in total. The lowest BCUT2D eigenvalue weighted by Crippen LogP contribution is -2.36. The van der Waals surface area contributed by atoms with Crippen molar-refractivity contribution in [3.63, 3.8) is 0 Å². The van der Waals surface area contributed by atoms with Gasteiger partial charge in [-0.1, -0.05) is 134 Å². The van der Waals surface area contributed by atoms with Crippen LogP contribution in [0.2, 0.25) is 0 Å². The molecule has 0 bridgehead atoms. The van der Waals surface area contributed by atoms with E-state index in [0.29, 0.717) is 23.3 Å². The number of rotatable bonds is 15. The largest absolute Gasteiger partial charge is 0.481 e. The van der Waals surface area contributed by atoms with Crippen LogP contribution in [0.4, 0.5) is 0 Å². The molecule has 0 aromatic carbocycles. The fourth-order valence-corrected chi connectivity index (χ4v) is 9.77. The molecule has 1 aliphatic carbocycles. The second-order valence-electron chi connectivity index (χ2n) is 18.1. The highest BCUT2D eigenvalue weighted by Crippen LogP contribution is 2.58. The average molecular weight is 691 g/mol. The first-order valence-corrected chi connectivity index (χ1v) is 20.5. The Hall–Kier alpha value is -1.98. The molecule has 2 aromatic heterocycles. The molecular weight excluding hydrogens is 625 g/mol. The van der Waals surface area contributed by atoms with Crippen LogP contribution >= 0.6 is 22.7 Å². The van der Waals surface area contributed by atoms with Crippen LogP contribution in [0, 0.1) is 39.9 Å². The smallest absolute Gasteiger partial charge is 0.140 e. The minimum absolute atomic E-state index is 0.0430. The van der Waals surface area contributed by atoms with E-state index < -0.39 is 0 Å². The maximum absolute atomic E-state index is 9.15. The monoisotopic (exact) mass is 690 g/mol. The molecule has 48 heavy (non-hydrogen) atoms. The van der Waals surface area contributed by atoms with Gasteiger partial charge in [0.15, 0.2) is 0 Å². The summed E-state index contributed by atoms with van der Waals surface area (Å²) in [6, 6.07) is 4.71. The summed E-state index contributed by atoms with van der Waals surface area (Å²) in [5, 5.41) is 18.1. The number of nitrogens with one attached hydrogen (secondary N) is 2. The molecular formula is C43H66N2OS2. The van der Waals surface area contributed by atoms with E-state index in [-0.39, 0.29) is 16.4 Å². The molecule has 4 rings (SSSR count). The van der Waals surface area contributed by atoms with E-state index in [0.717, 1.165) is 59.3 Å². The van der Waals surface area contributed by atoms with E-state index in [9.17, 15) is 0 Å². The van der Waals surface area contributed by atoms with Crippen LogP contribution in [0.3, 0.4) is 0 Å². The Balaban J connectivity index is 1.79. The van der Waals surface area contributed by atoms with Gasteiger partial charge < -0.3 is 4.74 Å². The predicted octanol–water partition coefficient (Wildman–Crippen LogP) is 14.3. The average Bonchev–Trinajstić information content (AvgIpc) is 3.61. The first-order chi connectivity index (χ1) is 22.3. The van der Waals surface area contributed by atoms with Crippen molar-refractivity contribution in [2.24, 2.45) is 29.1 Å². The van der Waals surface area contributed by atoms with Gasteiger partial charge in [0.05, 0.1) is 21.2 Å². The van der Waals surface area contributed by atoms with E-state index in [4.69, 9.17) is 15.6 Å². The summed E-state index contributed by atoms with van der Waals surface area (Å²) in [7, 11) is 0. The topological polar surface area (TPSA) is 56.9 Å². The van der Waals surface area contributed by atoms with Gasteiger partial charge in [-0.3, -0.25) is 10.8 Å². The van der Waals surface area contributed by atoms with Gasteiger partial charge in [-0.15, -0.1) is 22.7 Å². The van der Waals surface area contributed by atoms with Gasteiger partial charge in [-0.2, -0.15) is 0 Å². The van der Waals surface area contributed by atoms with Crippen molar-refractivity contribution in [2.45, 2.75) is 158 Å². The van der Waals surface area contributed by atoms with Crippen LogP contribution in [-0.2, 0) is 11.0 Å². The summed E-state index contributed by atoms with van der Waals surface area (Å²) in [6.45, 7) is 27.5. The van der Waals surface area contributed by atoms with E-state index in [1.165, 1.54) is 58.7 Å². The van der Waals surface area contributed by atoms with Crippen LogP contribution in [0.15, 0.2) is 29.9 Å². The molecule has 1 aliphatic heterocycles. The summed E-state index contributed by atoms with van der Waals surface area (Å²) in [4.78, 5) is 5.04. The van der Waals surface area contributed by atoms with Crippen molar-refractivity contribution in [1.82, 2.24) is 0 Å². The van der Waals surface area contributed by atoms with Crippen LogP contribution < -0.4 is 4.74 Å². The lowest BCUT2D eigenvalue weighted by atomic mass is 9.77. The molecule has 0 saturated carbocycles. The zero-order valence-electron chi connectivity index (χ0n) is 32.4. The van der Waals surface area contributed by atoms with Crippen molar-refractivity contribution in [1.29, 1.82) is 10.8 Å². The zero-order valence-corrected chi connectivity index (χ0v) is 34.0. The summed E-state index contributed by atoms with van der Waals surface area (Å²) in [5.74, 6) is 3.87. The number of ether oxygens (including phenoxy) is 1. The Kier molecular flexibility index (Phi) is 12.5. The van der Waals surface area contributed by atoms with Crippen molar-refractivity contribution in [3.8, 4) is 15.5 Å². The van der Waals surface area contributed by atoms with Crippen molar-refractivity contribution < 1.29 is 4.74 Å². The highest BCUT2D eigenvalue weighted by atomic mass is 32.1. The third-order valence-corrected chi connectivity index (χ3v) is 13.4. The molecule has 2 unspecified atom stereocenters. The SMILES string of the molecule is CC(C)CCCC(C)CCC1(CCC(C)CCCC(C)C)Oc2cc(C(C)(C)C)sc2-c2sc(C3=CC=C(C(C)(C)C)C(=N)C3=N)cc21. The van der Waals surface area contributed by atoms with Gasteiger partial charge in [0.2, 0.25) is 0 Å². The fraction of sp³-hybridized carbons (Fsp3) is 0.674. The van der Waals surface area contributed by atoms with Crippen LogP contribution in [0.25, 0.3) is 15.3 Å². The zero-order chi connectivity index (χ0) is 35.6. The van der Waals surface area contributed by atoms with Crippen molar-refractivity contribution in [3.05, 3.63) is 45.2 Å². The number of thiophene rings is 2. The van der Waals surface area contributed by atoms with Gasteiger partial charge in [-0.05, 0) is 77.9 Å². The van der Waals surface area contributed by atoms with E-state index in [2.05, 4.69) is 107 Å². The molecule has 0 amide bonds. The van der Waals surface area contributed by atoms with Crippen molar-refractivity contribution in [2.75, 3.05) is 0 Å². The van der Waals surface area contributed by atoms with Gasteiger partial charge >= 0.3 is 0 Å². The Morgan fingerprint density at radius 3 is 1.73 bits per heavy atom. The molecule has 0 spiro atoms. The molecule has 2 aromatic rings. The summed E-state index contributed by atoms with van der Waals surface area (Å²) in [6.07, 6.45) is 16.2. The molecule has 0 radical (unpaired) electrons. The second-order valence-corrected chi connectivity index (χ2v) is 20.2. The number of allylic oxidation sites excluding steroid dienone is 4. The Bertz CT molecular complexity index is 1480. The quantitative estimate of drug-likeness (QED) is 0.180. The number of hydrogen-bond acceptors (Lipinski definition) is 5. The van der Waals surface area contributed by atoms with Gasteiger partial charge in [0.25, 0.3) is 0 Å². The normalized spacial score (nSPS) is 19.6. The molecule has 266 valence electrons. The third-order valence-electron chi connectivity index (χ3n) is 10.5. The van der Waals surface area contributed by atoms with Crippen LogP contribution in [0.5, 0.6) is 5.75 Å². The highest BCUT2D eigenvalue weighted by molar-refractivity contribution is 7.23. The highest BCUT2D eigenvalue weighted by Gasteiger charge is 2.44. The molecule has 5 heteroatoms. The summed E-state index contributed by atoms with van der Waals surface area (Å²) >= 11 is 3.71. The lowest BCUT2D eigenvalue weighted by Gasteiger charge is -2.39.